The van der Waals surface area contributed by atoms with E-state index in [-0.39, 0.29) is 10.6 Å². The normalized spacial score (nSPS) is 16.6. The maximum absolute atomic E-state index is 11.8. The van der Waals surface area contributed by atoms with E-state index in [1.165, 1.54) is 20.0 Å². The highest BCUT2D eigenvalue weighted by atomic mass is 35.5. The Morgan fingerprint density at radius 2 is 1.91 bits per heavy atom. The van der Waals surface area contributed by atoms with Crippen molar-refractivity contribution in [3.05, 3.63) is 40.6 Å². The van der Waals surface area contributed by atoms with Gasteiger partial charge in [-0.05, 0) is 18.2 Å². The van der Waals surface area contributed by atoms with Gasteiger partial charge in [0.1, 0.15) is 4.99 Å². The van der Waals surface area contributed by atoms with Crippen molar-refractivity contribution in [2.75, 3.05) is 5.32 Å². The highest BCUT2D eigenvalue weighted by Gasteiger charge is 2.38. The summed E-state index contributed by atoms with van der Waals surface area (Å²) in [7, 11) is 0. The van der Waals surface area contributed by atoms with Crippen LogP contribution in [0.1, 0.15) is 19.4 Å². The number of rotatable bonds is 3. The van der Waals surface area contributed by atoms with Crippen LogP contribution in [0.4, 0.5) is 5.69 Å². The Kier molecular flexibility index (Phi) is 4.39. The number of benzene rings is 1. The molecule has 0 amide bonds. The molecular weight excluding hydrogens is 328 g/mol. The van der Waals surface area contributed by atoms with Gasteiger partial charge < -0.3 is 20.5 Å². The molecule has 1 aromatic carbocycles. The van der Waals surface area contributed by atoms with Crippen LogP contribution < -0.4 is 11.1 Å². The van der Waals surface area contributed by atoms with Crippen molar-refractivity contribution in [1.82, 2.24) is 0 Å². The number of carbonyl (C=O) groups excluding carboxylic acids is 2. The fourth-order valence-corrected chi connectivity index (χ4v) is 2.13. The zero-order valence-electron chi connectivity index (χ0n) is 11.8. The van der Waals surface area contributed by atoms with E-state index in [9.17, 15) is 9.59 Å². The van der Waals surface area contributed by atoms with E-state index in [4.69, 9.17) is 39.0 Å². The average molecular weight is 341 g/mol. The molecule has 3 N–H and O–H groups in total. The molecule has 1 saturated heterocycles. The van der Waals surface area contributed by atoms with Crippen molar-refractivity contribution in [3.63, 3.8) is 0 Å². The molecule has 0 radical (unpaired) electrons. The second-order valence-corrected chi connectivity index (χ2v) is 5.81. The zero-order valence-corrected chi connectivity index (χ0v) is 13.4. The quantitative estimate of drug-likeness (QED) is 0.377. The second kappa shape index (κ2) is 5.94. The second-order valence-electron chi connectivity index (χ2n) is 4.94. The van der Waals surface area contributed by atoms with E-state index in [1.54, 1.807) is 18.2 Å². The van der Waals surface area contributed by atoms with Crippen molar-refractivity contribution in [3.8, 4) is 0 Å². The van der Waals surface area contributed by atoms with E-state index >= 15 is 0 Å². The number of nitrogens with two attached hydrogens (primary N) is 1. The molecule has 0 aliphatic carbocycles. The van der Waals surface area contributed by atoms with Gasteiger partial charge in [-0.1, -0.05) is 23.8 Å². The monoisotopic (exact) mass is 340 g/mol. The summed E-state index contributed by atoms with van der Waals surface area (Å²) in [4.78, 5) is 23.8. The molecule has 0 atom stereocenters. The Hall–Kier alpha value is -2.12. The number of nitrogens with one attached hydrogen (secondary N) is 1. The lowest BCUT2D eigenvalue weighted by Gasteiger charge is -2.29. The molecule has 1 heterocycles. The van der Waals surface area contributed by atoms with Gasteiger partial charge in [-0.25, -0.2) is 9.59 Å². The fraction of sp³-hybridized carbons (Fsp3) is 0.214. The highest BCUT2D eigenvalue weighted by molar-refractivity contribution is 7.80. The average Bonchev–Trinajstić information content (AvgIpc) is 2.35. The number of thiocarbonyl (C=S) groups is 1. The van der Waals surface area contributed by atoms with Gasteiger partial charge in [0.05, 0.1) is 0 Å². The first kappa shape index (κ1) is 16.3. The molecule has 0 spiro atoms. The third-order valence-electron chi connectivity index (χ3n) is 2.74. The van der Waals surface area contributed by atoms with Gasteiger partial charge in [0.25, 0.3) is 5.79 Å². The van der Waals surface area contributed by atoms with Crippen LogP contribution in [0.25, 0.3) is 0 Å². The zero-order chi connectivity index (χ0) is 16.5. The van der Waals surface area contributed by atoms with Crippen LogP contribution in [0.15, 0.2) is 30.0 Å². The van der Waals surface area contributed by atoms with Crippen LogP contribution >= 0.6 is 23.8 Å². The van der Waals surface area contributed by atoms with Crippen molar-refractivity contribution >= 4 is 46.4 Å². The molecule has 8 heteroatoms. The molecular formula is C14H13ClN2O4S. The van der Waals surface area contributed by atoms with Crippen LogP contribution in [0, 0.1) is 0 Å². The minimum Gasteiger partial charge on any atom is -0.419 e. The third kappa shape index (κ3) is 3.55. The first-order chi connectivity index (χ1) is 10.2. The number of anilines is 1. The molecule has 1 aromatic rings. The third-order valence-corrected chi connectivity index (χ3v) is 3.19. The Bertz CT molecular complexity index is 678. The van der Waals surface area contributed by atoms with Crippen LogP contribution in [0.5, 0.6) is 0 Å². The molecule has 1 fully saturated rings. The molecule has 116 valence electrons. The predicted molar refractivity (Wildman–Crippen MR) is 85.3 cm³/mol. The molecule has 1 aliphatic rings. The standard InChI is InChI=1S/C14H13ClN2O4S/c1-14(2)20-12(18)9(13(19)21-14)6-17-10-5-7(15)3-4-8(10)11(16)22/h3-6,17H,1-2H3,(H2,16,22). The van der Waals surface area contributed by atoms with E-state index in [0.717, 1.165) is 0 Å². The number of hydrogen-bond donors (Lipinski definition) is 2. The molecule has 0 aromatic heterocycles. The van der Waals surface area contributed by atoms with Crippen molar-refractivity contribution in [2.45, 2.75) is 19.6 Å². The first-order valence-electron chi connectivity index (χ1n) is 6.22. The number of carbonyl (C=O) groups is 2. The largest absolute Gasteiger partial charge is 0.419 e. The van der Waals surface area contributed by atoms with Gasteiger partial charge in [-0.3, -0.25) is 0 Å². The SMILES string of the molecule is CC1(C)OC(=O)C(=CNc2cc(Cl)ccc2C(N)=S)C(=O)O1. The predicted octanol–water partition coefficient (Wildman–Crippen LogP) is 2.11. The van der Waals surface area contributed by atoms with Crippen LogP contribution in [-0.4, -0.2) is 22.7 Å². The molecule has 22 heavy (non-hydrogen) atoms. The Labute approximate surface area is 137 Å². The van der Waals surface area contributed by atoms with Crippen LogP contribution in [0.3, 0.4) is 0 Å². The smallest absolute Gasteiger partial charge is 0.350 e. The Morgan fingerprint density at radius 3 is 2.45 bits per heavy atom. The van der Waals surface area contributed by atoms with Gasteiger partial charge in [0.2, 0.25) is 0 Å². The van der Waals surface area contributed by atoms with Crippen LogP contribution in [0.2, 0.25) is 5.02 Å². The summed E-state index contributed by atoms with van der Waals surface area (Å²) in [6.45, 7) is 2.93. The summed E-state index contributed by atoms with van der Waals surface area (Å²) in [5, 5.41) is 3.22. The molecule has 0 unspecified atom stereocenters. The minimum atomic E-state index is -1.29. The van der Waals surface area contributed by atoms with Gasteiger partial charge in [0, 0.05) is 36.3 Å². The lowest BCUT2D eigenvalue weighted by atomic mass is 10.1. The molecule has 1 aliphatic heterocycles. The lowest BCUT2D eigenvalue weighted by molar-refractivity contribution is -0.222. The Morgan fingerprint density at radius 1 is 1.32 bits per heavy atom. The fourth-order valence-electron chi connectivity index (χ4n) is 1.78. The van der Waals surface area contributed by atoms with Crippen molar-refractivity contribution in [2.24, 2.45) is 5.73 Å². The van der Waals surface area contributed by atoms with Gasteiger partial charge in [0.15, 0.2) is 5.57 Å². The number of cyclic esters (lactones) is 2. The maximum Gasteiger partial charge on any atom is 0.350 e. The summed E-state index contributed by atoms with van der Waals surface area (Å²) in [6.07, 6.45) is 1.17. The Balaban J connectivity index is 2.29. The summed E-state index contributed by atoms with van der Waals surface area (Å²) >= 11 is 10.8. The van der Waals surface area contributed by atoms with E-state index < -0.39 is 17.7 Å². The van der Waals surface area contributed by atoms with E-state index in [1.807, 2.05) is 0 Å². The van der Waals surface area contributed by atoms with Gasteiger partial charge in [-0.2, -0.15) is 0 Å². The van der Waals surface area contributed by atoms with Crippen LogP contribution in [-0.2, 0) is 19.1 Å². The number of hydrogen-bond acceptors (Lipinski definition) is 6. The summed E-state index contributed by atoms with van der Waals surface area (Å²) < 4.78 is 9.96. The number of halogens is 1. The highest BCUT2D eigenvalue weighted by Crippen LogP contribution is 2.24. The van der Waals surface area contributed by atoms with Gasteiger partial charge in [-0.15, -0.1) is 0 Å². The maximum atomic E-state index is 11.8. The van der Waals surface area contributed by atoms with Gasteiger partial charge >= 0.3 is 11.9 Å². The number of esters is 2. The summed E-state index contributed by atoms with van der Waals surface area (Å²) in [5.74, 6) is -2.86. The molecule has 0 saturated carbocycles. The summed E-state index contributed by atoms with van der Waals surface area (Å²) in [5.41, 5.74) is 6.32. The summed E-state index contributed by atoms with van der Waals surface area (Å²) in [6, 6.07) is 4.82. The topological polar surface area (TPSA) is 90.6 Å². The molecule has 6 nitrogen and oxygen atoms in total. The lowest BCUT2D eigenvalue weighted by Crippen LogP contribution is -2.42. The first-order valence-corrected chi connectivity index (χ1v) is 7.01. The minimum absolute atomic E-state index is 0.146. The molecule has 0 bridgehead atoms. The molecule has 2 rings (SSSR count). The van der Waals surface area contributed by atoms with E-state index in [0.29, 0.717) is 16.3 Å². The van der Waals surface area contributed by atoms with Crippen molar-refractivity contribution in [1.29, 1.82) is 0 Å². The number of ether oxygens (including phenoxy) is 2. The van der Waals surface area contributed by atoms with E-state index in [2.05, 4.69) is 5.32 Å². The van der Waals surface area contributed by atoms with Crippen molar-refractivity contribution < 1.29 is 19.1 Å².